The second-order valence-corrected chi connectivity index (χ2v) is 5.98. The Balaban J connectivity index is 2.13. The van der Waals surface area contributed by atoms with Gasteiger partial charge in [-0.3, -0.25) is 0 Å². The zero-order valence-electron chi connectivity index (χ0n) is 16.9. The van der Waals surface area contributed by atoms with Gasteiger partial charge in [0.1, 0.15) is 0 Å². The van der Waals surface area contributed by atoms with Crippen LogP contribution in [0.3, 0.4) is 0 Å². The van der Waals surface area contributed by atoms with E-state index in [-0.39, 0.29) is 0 Å². The highest BCUT2D eigenvalue weighted by Crippen LogP contribution is 2.32. The van der Waals surface area contributed by atoms with Gasteiger partial charge >= 0.3 is 0 Å². The fourth-order valence-electron chi connectivity index (χ4n) is 2.38. The summed E-state index contributed by atoms with van der Waals surface area (Å²) in [7, 11) is 1.67. The van der Waals surface area contributed by atoms with E-state index in [1.165, 1.54) is 0 Å². The molecule has 1 aromatic heterocycles. The number of aromatic nitrogens is 1. The number of hydrogen-bond acceptors (Lipinski definition) is 5. The summed E-state index contributed by atoms with van der Waals surface area (Å²) in [6.45, 7) is 7.24. The summed E-state index contributed by atoms with van der Waals surface area (Å²) < 4.78 is 16.9. The van der Waals surface area contributed by atoms with Gasteiger partial charge in [-0.05, 0) is 31.5 Å². The maximum atomic E-state index is 6.06. The van der Waals surface area contributed by atoms with E-state index in [1.807, 2.05) is 43.3 Å². The van der Waals surface area contributed by atoms with Gasteiger partial charge in [-0.25, -0.2) is 9.98 Å². The largest absolute Gasteiger partial charge is 0.490 e. The lowest BCUT2D eigenvalue weighted by Crippen LogP contribution is -2.38. The molecule has 2 rings (SSSR count). The second kappa shape index (κ2) is 12.6. The number of hydrogen-bond donors (Lipinski definition) is 2. The third-order valence-electron chi connectivity index (χ3n) is 3.72. The van der Waals surface area contributed by atoms with Crippen LogP contribution in [0.4, 0.5) is 0 Å². The maximum Gasteiger partial charge on any atom is 0.224 e. The topological polar surface area (TPSA) is 77.0 Å². The Morgan fingerprint density at radius 1 is 1.04 bits per heavy atom. The van der Waals surface area contributed by atoms with Crippen LogP contribution in [-0.2, 0) is 11.3 Å². The smallest absolute Gasteiger partial charge is 0.224 e. The minimum Gasteiger partial charge on any atom is -0.490 e. The number of methoxy groups -OCH3 is 1. The van der Waals surface area contributed by atoms with E-state index < -0.39 is 0 Å². The van der Waals surface area contributed by atoms with Crippen molar-refractivity contribution in [2.45, 2.75) is 26.8 Å². The Kier molecular flexibility index (Phi) is 9.65. The Morgan fingerprint density at radius 3 is 2.61 bits per heavy atom. The second-order valence-electron chi connectivity index (χ2n) is 5.98. The quantitative estimate of drug-likeness (QED) is 0.350. The van der Waals surface area contributed by atoms with E-state index >= 15 is 0 Å². The molecule has 7 nitrogen and oxygen atoms in total. The molecule has 2 aromatic rings. The zero-order valence-corrected chi connectivity index (χ0v) is 16.9. The number of nitrogens with zero attached hydrogens (tertiary/aromatic N) is 2. The van der Waals surface area contributed by atoms with Gasteiger partial charge in [-0.15, -0.1) is 0 Å². The molecule has 152 valence electrons. The molecule has 0 saturated heterocycles. The molecule has 0 aliphatic carbocycles. The lowest BCUT2D eigenvalue weighted by molar-refractivity contribution is 0.203. The maximum absolute atomic E-state index is 6.06. The van der Waals surface area contributed by atoms with Gasteiger partial charge in [-0.2, -0.15) is 0 Å². The van der Waals surface area contributed by atoms with Crippen molar-refractivity contribution in [3.05, 3.63) is 48.2 Å². The van der Waals surface area contributed by atoms with Crippen molar-refractivity contribution in [2.24, 2.45) is 4.99 Å². The van der Waals surface area contributed by atoms with Crippen LogP contribution < -0.4 is 20.1 Å². The monoisotopic (exact) mass is 386 g/mol. The van der Waals surface area contributed by atoms with Crippen molar-refractivity contribution < 1.29 is 14.2 Å². The van der Waals surface area contributed by atoms with E-state index in [9.17, 15) is 0 Å². The lowest BCUT2D eigenvalue weighted by Gasteiger charge is -2.14. The minimum absolute atomic E-state index is 0.434. The molecule has 28 heavy (non-hydrogen) atoms. The van der Waals surface area contributed by atoms with Crippen LogP contribution >= 0.6 is 0 Å². The molecular formula is C21H30N4O3. The van der Waals surface area contributed by atoms with Crippen molar-refractivity contribution in [3.8, 4) is 17.4 Å². The zero-order chi connectivity index (χ0) is 20.0. The first-order chi connectivity index (χ1) is 13.8. The van der Waals surface area contributed by atoms with Crippen LogP contribution in [-0.4, -0.2) is 44.4 Å². The SMILES string of the molecule is CCCOc1ccccc1Oc1ncccc1CN=C(NCC)NCCOC. The molecule has 2 N–H and O–H groups in total. The molecule has 0 atom stereocenters. The summed E-state index contributed by atoms with van der Waals surface area (Å²) in [6, 6.07) is 11.5. The minimum atomic E-state index is 0.434. The van der Waals surface area contributed by atoms with Crippen molar-refractivity contribution in [1.29, 1.82) is 0 Å². The Labute approximate surface area is 167 Å². The molecule has 0 bridgehead atoms. The number of para-hydroxylation sites is 2. The Hall–Kier alpha value is -2.80. The van der Waals surface area contributed by atoms with Crippen LogP contribution in [0.2, 0.25) is 0 Å². The van der Waals surface area contributed by atoms with Crippen molar-refractivity contribution in [1.82, 2.24) is 15.6 Å². The van der Waals surface area contributed by atoms with Crippen molar-refractivity contribution in [3.63, 3.8) is 0 Å². The first-order valence-corrected chi connectivity index (χ1v) is 9.63. The number of aliphatic imine (C=N–C) groups is 1. The molecule has 1 aromatic carbocycles. The lowest BCUT2D eigenvalue weighted by atomic mass is 10.2. The number of nitrogens with one attached hydrogen (secondary N) is 2. The molecule has 0 radical (unpaired) electrons. The van der Waals surface area contributed by atoms with Crippen LogP contribution in [0.5, 0.6) is 17.4 Å². The summed E-state index contributed by atoms with van der Waals surface area (Å²) in [5, 5.41) is 6.44. The van der Waals surface area contributed by atoms with E-state index in [0.717, 1.165) is 24.5 Å². The van der Waals surface area contributed by atoms with Crippen LogP contribution in [0.1, 0.15) is 25.8 Å². The van der Waals surface area contributed by atoms with Crippen molar-refractivity contribution >= 4 is 5.96 Å². The molecule has 0 fully saturated rings. The predicted octanol–water partition coefficient (Wildman–Crippen LogP) is 3.36. The molecule has 0 aliphatic rings. The van der Waals surface area contributed by atoms with Gasteiger partial charge in [0.05, 0.1) is 19.8 Å². The highest BCUT2D eigenvalue weighted by atomic mass is 16.5. The van der Waals surface area contributed by atoms with E-state index in [0.29, 0.717) is 43.7 Å². The fourth-order valence-corrected chi connectivity index (χ4v) is 2.38. The van der Waals surface area contributed by atoms with Crippen molar-refractivity contribution in [2.75, 3.05) is 33.4 Å². The number of rotatable bonds is 11. The van der Waals surface area contributed by atoms with Gasteiger partial charge in [0.15, 0.2) is 17.5 Å². The molecule has 0 amide bonds. The van der Waals surface area contributed by atoms with E-state index in [2.05, 4.69) is 27.5 Å². The summed E-state index contributed by atoms with van der Waals surface area (Å²) >= 11 is 0. The molecule has 0 spiro atoms. The normalized spacial score (nSPS) is 11.2. The van der Waals surface area contributed by atoms with E-state index in [1.54, 1.807) is 13.3 Å². The standard InChI is InChI=1S/C21H30N4O3/c1-4-14-27-18-10-6-7-11-19(18)28-20-17(9-8-12-23-20)16-25-21(22-5-2)24-13-15-26-3/h6-12H,4-5,13-16H2,1-3H3,(H2,22,24,25). The first-order valence-electron chi connectivity index (χ1n) is 9.63. The molecule has 0 saturated carbocycles. The van der Waals surface area contributed by atoms with Gasteiger partial charge in [0.25, 0.3) is 0 Å². The third-order valence-corrected chi connectivity index (χ3v) is 3.72. The number of ether oxygens (including phenoxy) is 3. The number of guanidine groups is 1. The fraction of sp³-hybridized carbons (Fsp3) is 0.429. The van der Waals surface area contributed by atoms with Crippen LogP contribution in [0.15, 0.2) is 47.6 Å². The molecule has 0 aliphatic heterocycles. The molecule has 7 heteroatoms. The summed E-state index contributed by atoms with van der Waals surface area (Å²) in [6.07, 6.45) is 2.64. The number of benzene rings is 1. The predicted molar refractivity (Wildman–Crippen MR) is 111 cm³/mol. The average molecular weight is 386 g/mol. The molecule has 1 heterocycles. The first kappa shape index (κ1) is 21.5. The Bertz CT molecular complexity index is 737. The van der Waals surface area contributed by atoms with E-state index in [4.69, 9.17) is 14.2 Å². The summed E-state index contributed by atoms with van der Waals surface area (Å²) in [5.41, 5.74) is 0.886. The highest BCUT2D eigenvalue weighted by Gasteiger charge is 2.10. The van der Waals surface area contributed by atoms with Gasteiger partial charge in [-0.1, -0.05) is 25.1 Å². The van der Waals surface area contributed by atoms with Gasteiger partial charge in [0.2, 0.25) is 5.88 Å². The van der Waals surface area contributed by atoms with Gasteiger partial charge in [0, 0.05) is 32.0 Å². The average Bonchev–Trinajstić information content (AvgIpc) is 2.72. The number of pyridine rings is 1. The molecular weight excluding hydrogens is 356 g/mol. The third kappa shape index (κ3) is 7.08. The summed E-state index contributed by atoms with van der Waals surface area (Å²) in [4.78, 5) is 9.00. The van der Waals surface area contributed by atoms with Crippen LogP contribution in [0.25, 0.3) is 0 Å². The molecule has 0 unspecified atom stereocenters. The highest BCUT2D eigenvalue weighted by molar-refractivity contribution is 5.79. The van der Waals surface area contributed by atoms with Gasteiger partial charge < -0.3 is 24.8 Å². The summed E-state index contributed by atoms with van der Waals surface area (Å²) in [5.74, 6) is 2.59. The van der Waals surface area contributed by atoms with Crippen LogP contribution in [0, 0.1) is 0 Å². The Morgan fingerprint density at radius 2 is 1.86 bits per heavy atom.